The number of H-pyrrole nitrogens is 2. The summed E-state index contributed by atoms with van der Waals surface area (Å²) in [6, 6.07) is 0. The summed E-state index contributed by atoms with van der Waals surface area (Å²) in [5, 5.41) is 0. The molecular formula is C9H11N5O. The number of aromatic nitrogens is 4. The number of fused-ring (bicyclic) bond motifs is 1. The molecule has 78 valence electrons. The molecule has 0 saturated heterocycles. The van der Waals surface area contributed by atoms with Gasteiger partial charge in [0.2, 0.25) is 5.95 Å². The van der Waals surface area contributed by atoms with Crippen LogP contribution in [0.15, 0.2) is 4.79 Å². The Hall–Kier alpha value is -1.85. The van der Waals surface area contributed by atoms with Crippen LogP contribution in [0.5, 0.6) is 0 Å². The molecule has 0 radical (unpaired) electrons. The molecule has 1 saturated carbocycles. The summed E-state index contributed by atoms with van der Waals surface area (Å²) in [6.45, 7) is 0. The van der Waals surface area contributed by atoms with Gasteiger partial charge in [-0.2, -0.15) is 4.98 Å². The van der Waals surface area contributed by atoms with Crippen LogP contribution >= 0.6 is 0 Å². The zero-order chi connectivity index (χ0) is 10.4. The fourth-order valence-corrected chi connectivity index (χ4v) is 1.82. The highest BCUT2D eigenvalue weighted by Crippen LogP contribution is 2.34. The molecule has 0 aromatic carbocycles. The maximum Gasteiger partial charge on any atom is 0.278 e. The number of nitrogens with two attached hydrogens (primary N) is 1. The normalized spacial score (nSPS) is 16.8. The molecule has 2 heterocycles. The number of aromatic amines is 2. The molecule has 6 heteroatoms. The standard InChI is InChI=1S/C9H11N5O/c10-9-13-7-5(8(15)14-9)11-6(12-7)4-2-1-3-4/h4H,1-3H2,(H4,10,11,12,13,14,15). The van der Waals surface area contributed by atoms with Crippen molar-refractivity contribution in [2.75, 3.05) is 5.73 Å². The van der Waals surface area contributed by atoms with Crippen LogP contribution in [0.4, 0.5) is 5.95 Å². The lowest BCUT2D eigenvalue weighted by Gasteiger charge is -2.22. The molecule has 15 heavy (non-hydrogen) atoms. The van der Waals surface area contributed by atoms with E-state index in [1.54, 1.807) is 0 Å². The average Bonchev–Trinajstić information content (AvgIpc) is 2.44. The van der Waals surface area contributed by atoms with Crippen LogP contribution in [0, 0.1) is 0 Å². The van der Waals surface area contributed by atoms with Crippen molar-refractivity contribution in [3.05, 3.63) is 16.2 Å². The van der Waals surface area contributed by atoms with Gasteiger partial charge in [0.1, 0.15) is 5.82 Å². The van der Waals surface area contributed by atoms with Gasteiger partial charge in [0.15, 0.2) is 11.2 Å². The van der Waals surface area contributed by atoms with E-state index < -0.39 is 0 Å². The van der Waals surface area contributed by atoms with Gasteiger partial charge < -0.3 is 10.7 Å². The first-order valence-electron chi connectivity index (χ1n) is 4.99. The largest absolute Gasteiger partial charge is 0.369 e. The summed E-state index contributed by atoms with van der Waals surface area (Å²) in [5.74, 6) is 1.43. The zero-order valence-electron chi connectivity index (χ0n) is 8.08. The van der Waals surface area contributed by atoms with Crippen molar-refractivity contribution in [1.29, 1.82) is 0 Å². The van der Waals surface area contributed by atoms with Crippen LogP contribution < -0.4 is 11.3 Å². The summed E-state index contributed by atoms with van der Waals surface area (Å²) < 4.78 is 0. The van der Waals surface area contributed by atoms with Crippen LogP contribution in [0.3, 0.4) is 0 Å². The lowest BCUT2D eigenvalue weighted by atomic mass is 9.85. The van der Waals surface area contributed by atoms with E-state index in [0.29, 0.717) is 17.1 Å². The van der Waals surface area contributed by atoms with E-state index in [4.69, 9.17) is 5.73 Å². The Morgan fingerprint density at radius 1 is 1.27 bits per heavy atom. The molecule has 0 aliphatic heterocycles. The third kappa shape index (κ3) is 1.21. The van der Waals surface area contributed by atoms with E-state index in [-0.39, 0.29) is 11.5 Å². The van der Waals surface area contributed by atoms with Crippen molar-refractivity contribution in [2.45, 2.75) is 25.2 Å². The molecule has 2 aromatic heterocycles. The third-order valence-corrected chi connectivity index (χ3v) is 2.89. The van der Waals surface area contributed by atoms with Crippen molar-refractivity contribution in [3.63, 3.8) is 0 Å². The van der Waals surface area contributed by atoms with Crippen molar-refractivity contribution in [2.24, 2.45) is 0 Å². The Bertz CT molecular complexity index is 565. The van der Waals surface area contributed by atoms with Crippen LogP contribution in [0.1, 0.15) is 31.0 Å². The lowest BCUT2D eigenvalue weighted by molar-refractivity contribution is 0.404. The first-order chi connectivity index (χ1) is 7.24. The van der Waals surface area contributed by atoms with Gasteiger partial charge in [0.25, 0.3) is 5.56 Å². The molecule has 0 bridgehead atoms. The third-order valence-electron chi connectivity index (χ3n) is 2.89. The van der Waals surface area contributed by atoms with Crippen LogP contribution in [0.2, 0.25) is 0 Å². The molecule has 0 amide bonds. The van der Waals surface area contributed by atoms with Gasteiger partial charge in [-0.05, 0) is 12.8 Å². The van der Waals surface area contributed by atoms with Crippen LogP contribution in [-0.2, 0) is 0 Å². The summed E-state index contributed by atoms with van der Waals surface area (Å²) in [7, 11) is 0. The summed E-state index contributed by atoms with van der Waals surface area (Å²) in [4.78, 5) is 25.2. The highest BCUT2D eigenvalue weighted by molar-refractivity contribution is 5.70. The van der Waals surface area contributed by atoms with E-state index >= 15 is 0 Å². The van der Waals surface area contributed by atoms with Gasteiger partial charge in [-0.3, -0.25) is 9.78 Å². The van der Waals surface area contributed by atoms with Gasteiger partial charge >= 0.3 is 0 Å². The Labute approximate surface area is 84.9 Å². The monoisotopic (exact) mass is 205 g/mol. The second-order valence-corrected chi connectivity index (χ2v) is 3.90. The number of anilines is 1. The van der Waals surface area contributed by atoms with Crippen LogP contribution in [0.25, 0.3) is 11.2 Å². The smallest absolute Gasteiger partial charge is 0.278 e. The van der Waals surface area contributed by atoms with E-state index in [2.05, 4.69) is 19.9 Å². The van der Waals surface area contributed by atoms with Gasteiger partial charge in [-0.25, -0.2) is 4.98 Å². The second kappa shape index (κ2) is 2.82. The zero-order valence-corrected chi connectivity index (χ0v) is 8.08. The number of rotatable bonds is 1. The van der Waals surface area contributed by atoms with Gasteiger partial charge in [0.05, 0.1) is 0 Å². The molecule has 1 fully saturated rings. The molecular weight excluding hydrogens is 194 g/mol. The molecule has 0 atom stereocenters. The highest BCUT2D eigenvalue weighted by Gasteiger charge is 2.23. The van der Waals surface area contributed by atoms with E-state index in [1.165, 1.54) is 6.42 Å². The van der Waals surface area contributed by atoms with Gasteiger partial charge in [-0.15, -0.1) is 0 Å². The van der Waals surface area contributed by atoms with Crippen LogP contribution in [-0.4, -0.2) is 19.9 Å². The van der Waals surface area contributed by atoms with Gasteiger partial charge in [-0.1, -0.05) is 6.42 Å². The molecule has 1 aliphatic rings. The fourth-order valence-electron chi connectivity index (χ4n) is 1.82. The maximum atomic E-state index is 11.5. The van der Waals surface area contributed by atoms with E-state index in [0.717, 1.165) is 18.7 Å². The van der Waals surface area contributed by atoms with E-state index in [1.807, 2.05) is 0 Å². The topological polar surface area (TPSA) is 100 Å². The number of hydrogen-bond donors (Lipinski definition) is 3. The van der Waals surface area contributed by atoms with Crippen molar-refractivity contribution in [3.8, 4) is 0 Å². The molecule has 6 nitrogen and oxygen atoms in total. The predicted molar refractivity (Wildman–Crippen MR) is 55.5 cm³/mol. The first kappa shape index (κ1) is 8.46. The Kier molecular flexibility index (Phi) is 1.59. The Morgan fingerprint density at radius 2 is 2.07 bits per heavy atom. The molecule has 1 aliphatic carbocycles. The lowest BCUT2D eigenvalue weighted by Crippen LogP contribution is -2.11. The Balaban J connectivity index is 2.20. The average molecular weight is 205 g/mol. The second-order valence-electron chi connectivity index (χ2n) is 3.90. The number of hydrogen-bond acceptors (Lipinski definition) is 4. The summed E-state index contributed by atoms with van der Waals surface area (Å²) in [6.07, 6.45) is 3.49. The molecule has 0 spiro atoms. The summed E-state index contributed by atoms with van der Waals surface area (Å²) >= 11 is 0. The molecule has 2 aromatic rings. The van der Waals surface area contributed by atoms with Crippen molar-refractivity contribution < 1.29 is 0 Å². The minimum absolute atomic E-state index is 0.110. The van der Waals surface area contributed by atoms with Crippen molar-refractivity contribution in [1.82, 2.24) is 19.9 Å². The minimum Gasteiger partial charge on any atom is -0.369 e. The number of nitrogens with one attached hydrogen (secondary N) is 2. The highest BCUT2D eigenvalue weighted by atomic mass is 16.1. The molecule has 3 rings (SSSR count). The SMILES string of the molecule is Nc1nc2nc(C3CCC3)[nH]c2c(=O)[nH]1. The molecule has 4 N–H and O–H groups in total. The number of nitrogens with zero attached hydrogens (tertiary/aromatic N) is 2. The van der Waals surface area contributed by atoms with E-state index in [9.17, 15) is 4.79 Å². The van der Waals surface area contributed by atoms with Crippen molar-refractivity contribution >= 4 is 17.1 Å². The minimum atomic E-state index is -0.254. The quantitative estimate of drug-likeness (QED) is 0.630. The number of nitrogen functional groups attached to an aromatic ring is 1. The fraction of sp³-hybridized carbons (Fsp3) is 0.444. The Morgan fingerprint density at radius 3 is 2.73 bits per heavy atom. The number of imidazole rings is 1. The van der Waals surface area contributed by atoms with Gasteiger partial charge in [0, 0.05) is 5.92 Å². The molecule has 0 unspecified atom stereocenters. The predicted octanol–water partition coefficient (Wildman–Crippen LogP) is 0.496. The maximum absolute atomic E-state index is 11.5. The first-order valence-corrected chi connectivity index (χ1v) is 4.99. The summed E-state index contributed by atoms with van der Waals surface area (Å²) in [5.41, 5.74) is 6.02.